The molecule has 2 N–H and O–H groups in total. The summed E-state index contributed by atoms with van der Waals surface area (Å²) in [4.78, 5) is 2.34. The van der Waals surface area contributed by atoms with E-state index < -0.39 is 0 Å². The zero-order chi connectivity index (χ0) is 12.1. The largest absolute Gasteiger partial charge is 0.393 e. The van der Waals surface area contributed by atoms with Gasteiger partial charge in [-0.25, -0.2) is 0 Å². The second kappa shape index (κ2) is 6.39. The number of rotatable bonds is 4. The molecule has 2 aliphatic rings. The van der Waals surface area contributed by atoms with E-state index in [1.165, 1.54) is 19.3 Å². The van der Waals surface area contributed by atoms with E-state index in [1.54, 1.807) is 0 Å². The lowest BCUT2D eigenvalue weighted by Crippen LogP contribution is -2.43. The van der Waals surface area contributed by atoms with Gasteiger partial charge >= 0.3 is 0 Å². The number of piperidine rings is 1. The number of aliphatic hydroxyl groups excluding tert-OH is 1. The summed E-state index contributed by atoms with van der Waals surface area (Å²) in [5.41, 5.74) is 0. The van der Waals surface area contributed by atoms with Gasteiger partial charge in [0.05, 0.1) is 12.6 Å². The smallest absolute Gasteiger partial charge is 0.0598 e. The molecule has 1 heterocycles. The van der Waals surface area contributed by atoms with Crippen LogP contribution >= 0.6 is 0 Å². The van der Waals surface area contributed by atoms with Gasteiger partial charge in [-0.2, -0.15) is 0 Å². The highest BCUT2D eigenvalue weighted by Crippen LogP contribution is 2.25. The van der Waals surface area contributed by atoms with E-state index in [2.05, 4.69) is 16.1 Å². The van der Waals surface area contributed by atoms with Gasteiger partial charge in [0.25, 0.3) is 0 Å². The number of likely N-dealkylation sites (tertiary alicyclic amines) is 1. The molecule has 0 radical (unpaired) electrons. The van der Waals surface area contributed by atoms with Gasteiger partial charge in [0.1, 0.15) is 0 Å². The molecule has 0 aromatic heterocycles. The fourth-order valence-corrected chi connectivity index (χ4v) is 2.99. The van der Waals surface area contributed by atoms with Gasteiger partial charge in [-0.3, -0.25) is 4.90 Å². The van der Waals surface area contributed by atoms with Crippen molar-refractivity contribution >= 4 is 0 Å². The first kappa shape index (κ1) is 12.9. The molecule has 17 heavy (non-hydrogen) atoms. The lowest BCUT2D eigenvalue weighted by atomic mass is 10.0. The van der Waals surface area contributed by atoms with E-state index in [-0.39, 0.29) is 6.10 Å². The maximum absolute atomic E-state index is 9.48. The number of aliphatic hydroxyl groups is 1. The molecule has 1 aliphatic carbocycles. The lowest BCUT2D eigenvalue weighted by molar-refractivity contribution is 0.175. The Morgan fingerprint density at radius 2 is 2.00 bits per heavy atom. The highest BCUT2D eigenvalue weighted by atomic mass is 16.3. The Morgan fingerprint density at radius 1 is 1.24 bits per heavy atom. The van der Waals surface area contributed by atoms with Gasteiger partial charge < -0.3 is 10.4 Å². The second-order valence-corrected chi connectivity index (χ2v) is 5.50. The third-order valence-electron chi connectivity index (χ3n) is 4.11. The van der Waals surface area contributed by atoms with E-state index in [9.17, 15) is 5.11 Å². The zero-order valence-corrected chi connectivity index (χ0v) is 10.6. The monoisotopic (exact) mass is 236 g/mol. The zero-order valence-electron chi connectivity index (χ0n) is 10.6. The third-order valence-corrected chi connectivity index (χ3v) is 4.11. The van der Waals surface area contributed by atoms with Crippen LogP contribution in [0.25, 0.3) is 0 Å². The summed E-state index contributed by atoms with van der Waals surface area (Å²) >= 11 is 0. The Hall–Kier alpha value is -0.560. The fourth-order valence-electron chi connectivity index (χ4n) is 2.99. The van der Waals surface area contributed by atoms with Crippen LogP contribution in [0.5, 0.6) is 0 Å². The van der Waals surface area contributed by atoms with E-state index in [0.29, 0.717) is 12.0 Å². The molecule has 2 atom stereocenters. The number of terminal acetylenes is 1. The van der Waals surface area contributed by atoms with Gasteiger partial charge in [0.15, 0.2) is 0 Å². The first-order valence-corrected chi connectivity index (χ1v) is 6.85. The first-order valence-electron chi connectivity index (χ1n) is 6.85. The summed E-state index contributed by atoms with van der Waals surface area (Å²) in [6, 6.07) is 0.654. The van der Waals surface area contributed by atoms with Gasteiger partial charge in [-0.15, -0.1) is 6.42 Å². The Morgan fingerprint density at radius 3 is 2.59 bits per heavy atom. The quantitative estimate of drug-likeness (QED) is 0.710. The van der Waals surface area contributed by atoms with Crippen molar-refractivity contribution in [2.24, 2.45) is 5.92 Å². The number of nitrogens with zero attached hydrogens (tertiary/aromatic N) is 1. The molecule has 0 amide bonds. The van der Waals surface area contributed by atoms with Gasteiger partial charge in [-0.1, -0.05) is 5.92 Å². The summed E-state index contributed by atoms with van der Waals surface area (Å²) < 4.78 is 0. The van der Waals surface area contributed by atoms with Gasteiger partial charge in [0, 0.05) is 19.1 Å². The molecule has 1 saturated heterocycles. The van der Waals surface area contributed by atoms with E-state index in [1.807, 2.05) is 0 Å². The molecule has 2 unspecified atom stereocenters. The van der Waals surface area contributed by atoms with E-state index in [0.717, 1.165) is 39.0 Å². The highest BCUT2D eigenvalue weighted by molar-refractivity contribution is 4.90. The van der Waals surface area contributed by atoms with Gasteiger partial charge in [-0.05, 0) is 44.6 Å². The van der Waals surface area contributed by atoms with E-state index in [4.69, 9.17) is 6.42 Å². The van der Waals surface area contributed by atoms with Crippen LogP contribution in [-0.4, -0.2) is 48.3 Å². The molecule has 0 aromatic carbocycles. The average molecular weight is 236 g/mol. The summed E-state index contributed by atoms with van der Waals surface area (Å²) in [7, 11) is 0. The summed E-state index contributed by atoms with van der Waals surface area (Å²) in [6.07, 6.45) is 10.9. The van der Waals surface area contributed by atoms with Crippen LogP contribution in [0.2, 0.25) is 0 Å². The standard InChI is InChI=1S/C14H24N2O/c1-2-7-16-8-5-13(6-9-16)15-11-12-3-4-14(17)10-12/h1,12-15,17H,3-11H2. The van der Waals surface area contributed by atoms with Crippen molar-refractivity contribution in [1.29, 1.82) is 0 Å². The SMILES string of the molecule is C#CCN1CCC(NCC2CCC(O)C2)CC1. The maximum atomic E-state index is 9.48. The molecule has 0 aromatic rings. The lowest BCUT2D eigenvalue weighted by Gasteiger charge is -2.31. The molecule has 1 saturated carbocycles. The van der Waals surface area contributed by atoms with Crippen molar-refractivity contribution < 1.29 is 5.11 Å². The highest BCUT2D eigenvalue weighted by Gasteiger charge is 2.24. The Labute approximate surface area is 105 Å². The normalized spacial score (nSPS) is 31.5. The Balaban J connectivity index is 1.60. The third kappa shape index (κ3) is 3.99. The van der Waals surface area contributed by atoms with Crippen LogP contribution < -0.4 is 5.32 Å². The number of hydrogen-bond donors (Lipinski definition) is 2. The molecule has 96 valence electrons. The summed E-state index contributed by atoms with van der Waals surface area (Å²) in [5.74, 6) is 3.40. The Kier molecular flexibility index (Phi) is 4.85. The van der Waals surface area contributed by atoms with Crippen molar-refractivity contribution in [1.82, 2.24) is 10.2 Å². The number of nitrogens with one attached hydrogen (secondary N) is 1. The molecule has 2 fully saturated rings. The minimum atomic E-state index is -0.0423. The molecular weight excluding hydrogens is 212 g/mol. The van der Waals surface area contributed by atoms with Crippen molar-refractivity contribution in [3.8, 4) is 12.3 Å². The van der Waals surface area contributed by atoms with Gasteiger partial charge in [0.2, 0.25) is 0 Å². The minimum absolute atomic E-state index is 0.0423. The van der Waals surface area contributed by atoms with Crippen LogP contribution in [0.4, 0.5) is 0 Å². The predicted octanol–water partition coefficient (Wildman–Crippen LogP) is 0.835. The minimum Gasteiger partial charge on any atom is -0.393 e. The first-order chi connectivity index (χ1) is 8.28. The molecule has 3 nitrogen and oxygen atoms in total. The topological polar surface area (TPSA) is 35.5 Å². The second-order valence-electron chi connectivity index (χ2n) is 5.50. The predicted molar refractivity (Wildman–Crippen MR) is 69.6 cm³/mol. The molecule has 1 aliphatic heterocycles. The summed E-state index contributed by atoms with van der Waals surface area (Å²) in [5, 5.41) is 13.1. The van der Waals surface area contributed by atoms with Crippen molar-refractivity contribution in [2.75, 3.05) is 26.2 Å². The van der Waals surface area contributed by atoms with Crippen LogP contribution in [0.1, 0.15) is 32.1 Å². The van der Waals surface area contributed by atoms with E-state index >= 15 is 0 Å². The molecule has 3 heteroatoms. The van der Waals surface area contributed by atoms with Crippen molar-refractivity contribution in [3.63, 3.8) is 0 Å². The fraction of sp³-hybridized carbons (Fsp3) is 0.857. The molecule has 0 bridgehead atoms. The van der Waals surface area contributed by atoms with Crippen LogP contribution in [-0.2, 0) is 0 Å². The van der Waals surface area contributed by atoms with Crippen LogP contribution in [0, 0.1) is 18.3 Å². The molecule has 2 rings (SSSR count). The Bertz CT molecular complexity index is 266. The van der Waals surface area contributed by atoms with Crippen LogP contribution in [0.15, 0.2) is 0 Å². The van der Waals surface area contributed by atoms with Crippen molar-refractivity contribution in [2.45, 2.75) is 44.2 Å². The molecule has 0 spiro atoms. The summed E-state index contributed by atoms with van der Waals surface area (Å²) in [6.45, 7) is 4.11. The van der Waals surface area contributed by atoms with Crippen molar-refractivity contribution in [3.05, 3.63) is 0 Å². The number of hydrogen-bond acceptors (Lipinski definition) is 3. The van der Waals surface area contributed by atoms with Crippen LogP contribution in [0.3, 0.4) is 0 Å². The molecular formula is C14H24N2O. The maximum Gasteiger partial charge on any atom is 0.0598 e. The average Bonchev–Trinajstić information content (AvgIpc) is 2.75.